The highest BCUT2D eigenvalue weighted by Gasteiger charge is 2.49. The molecule has 0 bridgehead atoms. The molecule has 1 N–H and O–H groups in total. The number of nitrogens with one attached hydrogen (secondary N) is 1. The van der Waals surface area contributed by atoms with Gasteiger partial charge in [-0.2, -0.15) is 0 Å². The number of rotatable bonds is 5. The van der Waals surface area contributed by atoms with Crippen LogP contribution in [0.2, 0.25) is 18.1 Å². The number of carbonyl (C=O) groups is 1. The monoisotopic (exact) mass is 349 g/mol. The summed E-state index contributed by atoms with van der Waals surface area (Å²) in [5.74, 6) is 0. The summed E-state index contributed by atoms with van der Waals surface area (Å²) in [6, 6.07) is 9.85. The topological polar surface area (TPSA) is 47.6 Å². The Hall–Kier alpha value is -1.33. The lowest BCUT2D eigenvalue weighted by atomic mass is 9.77. The summed E-state index contributed by atoms with van der Waals surface area (Å²) < 4.78 is 11.8. The van der Waals surface area contributed by atoms with Crippen LogP contribution in [0.25, 0.3) is 0 Å². The van der Waals surface area contributed by atoms with Crippen LogP contribution in [0.15, 0.2) is 30.3 Å². The lowest BCUT2D eigenvalue weighted by Crippen LogP contribution is -2.59. The molecule has 1 aliphatic carbocycles. The zero-order chi connectivity index (χ0) is 18.0. The van der Waals surface area contributed by atoms with Gasteiger partial charge in [0.25, 0.3) is 0 Å². The van der Waals surface area contributed by atoms with Gasteiger partial charge in [-0.1, -0.05) is 51.1 Å². The third-order valence-electron chi connectivity index (χ3n) is 5.20. The van der Waals surface area contributed by atoms with Crippen LogP contribution in [0.1, 0.15) is 46.1 Å². The maximum Gasteiger partial charge on any atom is 0.407 e. The highest BCUT2D eigenvalue weighted by atomic mass is 28.4. The fraction of sp³-hybridized carbons (Fsp3) is 0.632. The summed E-state index contributed by atoms with van der Waals surface area (Å²) in [6.45, 7) is 13.7. The predicted octanol–water partition coefficient (Wildman–Crippen LogP) is 4.86. The number of carbonyl (C=O) groups excluding carboxylic acids is 1. The molecule has 4 nitrogen and oxygen atoms in total. The zero-order valence-electron chi connectivity index (χ0n) is 15.8. The molecule has 1 amide bonds. The molecule has 0 unspecified atom stereocenters. The van der Waals surface area contributed by atoms with Crippen molar-refractivity contribution < 1.29 is 14.0 Å². The van der Waals surface area contributed by atoms with Gasteiger partial charge in [0.2, 0.25) is 0 Å². The summed E-state index contributed by atoms with van der Waals surface area (Å²) in [5.41, 5.74) is 0.868. The summed E-state index contributed by atoms with van der Waals surface area (Å²) in [4.78, 5) is 11.9. The molecule has 1 saturated carbocycles. The number of benzene rings is 1. The number of alkyl carbamates (subject to hydrolysis) is 1. The average molecular weight is 350 g/mol. The van der Waals surface area contributed by atoms with Crippen molar-refractivity contribution in [2.75, 3.05) is 0 Å². The van der Waals surface area contributed by atoms with E-state index >= 15 is 0 Å². The molecule has 24 heavy (non-hydrogen) atoms. The first-order valence-corrected chi connectivity index (χ1v) is 11.6. The first-order chi connectivity index (χ1) is 11.0. The second kappa shape index (κ2) is 6.88. The maximum atomic E-state index is 11.9. The van der Waals surface area contributed by atoms with Crippen LogP contribution in [0.4, 0.5) is 4.79 Å². The lowest BCUT2D eigenvalue weighted by Gasteiger charge is -2.51. The SMILES string of the molecule is CC1(O[Si](C)(C)C(C)(C)C)CC(NC(=O)OCc2ccccc2)C1. The molecule has 0 atom stereocenters. The molecule has 0 aromatic heterocycles. The Labute approximate surface area is 147 Å². The van der Waals surface area contributed by atoms with E-state index in [0.717, 1.165) is 18.4 Å². The average Bonchev–Trinajstić information content (AvgIpc) is 2.43. The zero-order valence-corrected chi connectivity index (χ0v) is 16.8. The van der Waals surface area contributed by atoms with E-state index in [1.54, 1.807) is 0 Å². The van der Waals surface area contributed by atoms with Gasteiger partial charge in [-0.25, -0.2) is 4.79 Å². The third kappa shape index (κ3) is 4.83. The van der Waals surface area contributed by atoms with Crippen molar-refractivity contribution in [3.8, 4) is 0 Å². The van der Waals surface area contributed by atoms with Gasteiger partial charge in [-0.05, 0) is 43.5 Å². The summed E-state index contributed by atoms with van der Waals surface area (Å²) >= 11 is 0. The third-order valence-corrected chi connectivity index (χ3v) is 9.81. The number of hydrogen-bond acceptors (Lipinski definition) is 3. The van der Waals surface area contributed by atoms with Crippen molar-refractivity contribution in [3.63, 3.8) is 0 Å². The van der Waals surface area contributed by atoms with Gasteiger partial charge in [0.15, 0.2) is 8.32 Å². The second-order valence-electron chi connectivity index (χ2n) is 8.62. The first kappa shape index (κ1) is 19.0. The van der Waals surface area contributed by atoms with Crippen molar-refractivity contribution in [1.29, 1.82) is 0 Å². The van der Waals surface area contributed by atoms with E-state index in [-0.39, 0.29) is 22.8 Å². The van der Waals surface area contributed by atoms with Crippen LogP contribution >= 0.6 is 0 Å². The minimum Gasteiger partial charge on any atom is -0.445 e. The standard InChI is InChI=1S/C19H31NO3Si/c1-18(2,3)24(5,6)23-19(4)12-16(13-19)20-17(21)22-14-15-10-8-7-9-11-15/h7-11,16H,12-14H2,1-6H3,(H,20,21). The van der Waals surface area contributed by atoms with Gasteiger partial charge in [0, 0.05) is 6.04 Å². The van der Waals surface area contributed by atoms with Crippen molar-refractivity contribution in [1.82, 2.24) is 5.32 Å². The van der Waals surface area contributed by atoms with Crippen LogP contribution in [0.5, 0.6) is 0 Å². The fourth-order valence-corrected chi connectivity index (χ4v) is 4.57. The van der Waals surface area contributed by atoms with E-state index in [4.69, 9.17) is 9.16 Å². The predicted molar refractivity (Wildman–Crippen MR) is 99.5 cm³/mol. The minimum atomic E-state index is -1.78. The Morgan fingerprint density at radius 2 is 1.83 bits per heavy atom. The van der Waals surface area contributed by atoms with Crippen LogP contribution in [0, 0.1) is 0 Å². The van der Waals surface area contributed by atoms with E-state index in [9.17, 15) is 4.79 Å². The molecule has 0 radical (unpaired) electrons. The second-order valence-corrected chi connectivity index (χ2v) is 13.3. The largest absolute Gasteiger partial charge is 0.445 e. The van der Waals surface area contributed by atoms with Crippen molar-refractivity contribution in [2.45, 2.75) is 76.9 Å². The quantitative estimate of drug-likeness (QED) is 0.773. The molecule has 0 spiro atoms. The Kier molecular flexibility index (Phi) is 5.45. The van der Waals surface area contributed by atoms with Gasteiger partial charge < -0.3 is 14.5 Å². The van der Waals surface area contributed by atoms with E-state index in [0.29, 0.717) is 6.61 Å². The maximum absolute atomic E-state index is 11.9. The molecule has 1 fully saturated rings. The van der Waals surface area contributed by atoms with Crippen LogP contribution in [-0.2, 0) is 15.8 Å². The van der Waals surface area contributed by atoms with Crippen molar-refractivity contribution in [3.05, 3.63) is 35.9 Å². The molecule has 2 rings (SSSR count). The normalized spacial score (nSPS) is 24.2. The Balaban J connectivity index is 1.75. The summed E-state index contributed by atoms with van der Waals surface area (Å²) in [5, 5.41) is 3.14. The van der Waals surface area contributed by atoms with E-state index in [1.807, 2.05) is 30.3 Å². The molecule has 1 aromatic carbocycles. The van der Waals surface area contributed by atoms with Crippen molar-refractivity contribution in [2.24, 2.45) is 0 Å². The van der Waals surface area contributed by atoms with E-state index < -0.39 is 8.32 Å². The van der Waals surface area contributed by atoms with Gasteiger partial charge in [-0.15, -0.1) is 0 Å². The first-order valence-electron chi connectivity index (χ1n) is 8.68. The molecule has 0 aliphatic heterocycles. The van der Waals surface area contributed by atoms with Gasteiger partial charge in [-0.3, -0.25) is 0 Å². The Morgan fingerprint density at radius 3 is 2.38 bits per heavy atom. The van der Waals surface area contributed by atoms with Gasteiger partial charge in [0.05, 0.1) is 5.60 Å². The lowest BCUT2D eigenvalue weighted by molar-refractivity contribution is -0.0263. The number of hydrogen-bond donors (Lipinski definition) is 1. The fourth-order valence-electron chi connectivity index (χ4n) is 2.87. The van der Waals surface area contributed by atoms with Gasteiger partial charge >= 0.3 is 6.09 Å². The molecule has 1 aliphatic rings. The molecule has 5 heteroatoms. The molecule has 1 aromatic rings. The Bertz CT molecular complexity index is 560. The minimum absolute atomic E-state index is 0.125. The van der Waals surface area contributed by atoms with Crippen LogP contribution < -0.4 is 5.32 Å². The molecule has 134 valence electrons. The summed E-state index contributed by atoms with van der Waals surface area (Å²) in [6.07, 6.45) is 1.35. The Morgan fingerprint density at radius 1 is 1.25 bits per heavy atom. The number of ether oxygens (including phenoxy) is 1. The summed E-state index contributed by atoms with van der Waals surface area (Å²) in [7, 11) is -1.78. The van der Waals surface area contributed by atoms with E-state index in [2.05, 4.69) is 46.1 Å². The van der Waals surface area contributed by atoms with Crippen molar-refractivity contribution >= 4 is 14.4 Å². The van der Waals surface area contributed by atoms with Crippen LogP contribution in [-0.4, -0.2) is 26.1 Å². The highest BCUT2D eigenvalue weighted by molar-refractivity contribution is 6.74. The van der Waals surface area contributed by atoms with Crippen LogP contribution in [0.3, 0.4) is 0 Å². The molecular weight excluding hydrogens is 318 g/mol. The van der Waals surface area contributed by atoms with Gasteiger partial charge in [0.1, 0.15) is 6.61 Å². The van der Waals surface area contributed by atoms with E-state index in [1.165, 1.54) is 0 Å². The smallest absolute Gasteiger partial charge is 0.407 e. The molecule has 0 saturated heterocycles. The molecular formula is C19H31NO3Si. The highest BCUT2D eigenvalue weighted by Crippen LogP contribution is 2.44. The molecule has 0 heterocycles. The number of amides is 1.